The normalized spacial score (nSPS) is 13.1. The summed E-state index contributed by atoms with van der Waals surface area (Å²) in [6.45, 7) is 4.10. The number of likely N-dealkylation sites (N-methyl/N-ethyl adjacent to an activating group) is 1. The maximum Gasteiger partial charge on any atom is 0.306 e. The maximum atomic E-state index is 12.4. The van der Waals surface area contributed by atoms with E-state index in [-0.39, 0.29) is 49.1 Å². The predicted molar refractivity (Wildman–Crippen MR) is 190 cm³/mol. The van der Waals surface area contributed by atoms with Gasteiger partial charge in [0.05, 0.1) is 40.3 Å². The topological polar surface area (TPSA) is 102 Å². The molecule has 0 radical (unpaired) electrons. The monoisotopic (exact) mass is 668 g/mol. The average molecular weight is 668 g/mol. The van der Waals surface area contributed by atoms with Crippen LogP contribution >= 0.6 is 0 Å². The molecule has 0 aromatic rings. The Morgan fingerprint density at radius 1 is 0.638 bits per heavy atom. The molecule has 8 heteroatoms. The highest BCUT2D eigenvalue weighted by atomic mass is 16.6. The number of nitrogens with zero attached hydrogens (tertiary/aromatic N) is 1. The molecule has 2 unspecified atom stereocenters. The van der Waals surface area contributed by atoms with Crippen molar-refractivity contribution < 1.29 is 38.2 Å². The van der Waals surface area contributed by atoms with Crippen LogP contribution in [-0.4, -0.2) is 75.5 Å². The fraction of sp³-hybridized carbons (Fsp3) is 0.872. The average Bonchev–Trinajstić information content (AvgIpc) is 3.02. The number of allylic oxidation sites excluding steroid dienone is 2. The van der Waals surface area contributed by atoms with Crippen molar-refractivity contribution in [3.63, 3.8) is 0 Å². The van der Waals surface area contributed by atoms with E-state index >= 15 is 0 Å². The van der Waals surface area contributed by atoms with Gasteiger partial charge >= 0.3 is 11.9 Å². The van der Waals surface area contributed by atoms with Crippen molar-refractivity contribution in [3.05, 3.63) is 12.2 Å². The standard InChI is InChI=1S/C39H73NO7/c1-6-8-9-10-11-12-13-14-15-16-17-18-19-20-21-22-23-24-25-26-27-28-29-30-38(42)47-35(34-46-37(41)7-2)33-45-32-31-36(39(43)44)40(3,4)5/h16-17,35-36H,6-15,18-34H2,1-5H3/b17-16-. The van der Waals surface area contributed by atoms with Crippen LogP contribution in [0.4, 0.5) is 0 Å². The van der Waals surface area contributed by atoms with Crippen molar-refractivity contribution in [3.8, 4) is 0 Å². The molecule has 0 fully saturated rings. The molecule has 0 saturated heterocycles. The van der Waals surface area contributed by atoms with E-state index in [1.165, 1.54) is 116 Å². The molecule has 0 spiro atoms. The minimum atomic E-state index is -1.13. The lowest BCUT2D eigenvalue weighted by atomic mass is 10.0. The number of hydrogen-bond acceptors (Lipinski definition) is 7. The number of aliphatic carboxylic acids is 1. The van der Waals surface area contributed by atoms with Crippen molar-refractivity contribution in [2.45, 2.75) is 180 Å². The third kappa shape index (κ3) is 29.9. The third-order valence-electron chi connectivity index (χ3n) is 8.71. The van der Waals surface area contributed by atoms with E-state index in [4.69, 9.17) is 14.2 Å². The summed E-state index contributed by atoms with van der Waals surface area (Å²) in [7, 11) is 5.36. The Labute approximate surface area is 289 Å². The minimum Gasteiger partial charge on any atom is -0.544 e. The van der Waals surface area contributed by atoms with Gasteiger partial charge in [0.15, 0.2) is 6.10 Å². The highest BCUT2D eigenvalue weighted by Gasteiger charge is 2.25. The van der Waals surface area contributed by atoms with Crippen molar-refractivity contribution in [2.75, 3.05) is 41.0 Å². The van der Waals surface area contributed by atoms with Gasteiger partial charge in [-0.05, 0) is 32.1 Å². The molecule has 8 nitrogen and oxygen atoms in total. The zero-order valence-corrected chi connectivity index (χ0v) is 31.2. The molecule has 0 heterocycles. The molecule has 0 amide bonds. The minimum absolute atomic E-state index is 0.0378. The number of hydrogen-bond donors (Lipinski definition) is 0. The lowest BCUT2D eigenvalue weighted by Crippen LogP contribution is -2.55. The highest BCUT2D eigenvalue weighted by Crippen LogP contribution is 2.14. The van der Waals surface area contributed by atoms with Crippen molar-refractivity contribution in [1.29, 1.82) is 0 Å². The van der Waals surface area contributed by atoms with Crippen LogP contribution in [0.2, 0.25) is 0 Å². The number of carbonyl (C=O) groups is 3. The smallest absolute Gasteiger partial charge is 0.306 e. The fourth-order valence-electron chi connectivity index (χ4n) is 5.63. The Balaban J connectivity index is 3.82. The van der Waals surface area contributed by atoms with Gasteiger partial charge in [-0.3, -0.25) is 9.59 Å². The second-order valence-electron chi connectivity index (χ2n) is 14.1. The first kappa shape index (κ1) is 45.1. The molecule has 0 aromatic heterocycles. The summed E-state index contributed by atoms with van der Waals surface area (Å²) in [6, 6.07) is -0.717. The Kier molecular flexibility index (Phi) is 30.1. The van der Waals surface area contributed by atoms with Gasteiger partial charge in [0, 0.05) is 19.3 Å². The number of carboxylic acid groups (broad SMARTS) is 1. The molecule has 0 aliphatic heterocycles. The largest absolute Gasteiger partial charge is 0.544 e. The summed E-state index contributed by atoms with van der Waals surface area (Å²) < 4.78 is 16.6. The maximum absolute atomic E-state index is 12.4. The van der Waals surface area contributed by atoms with Crippen molar-refractivity contribution in [1.82, 2.24) is 0 Å². The lowest BCUT2D eigenvalue weighted by Gasteiger charge is -2.34. The second-order valence-corrected chi connectivity index (χ2v) is 14.1. The Morgan fingerprint density at radius 3 is 1.55 bits per heavy atom. The van der Waals surface area contributed by atoms with Gasteiger partial charge in [-0.1, -0.05) is 129 Å². The van der Waals surface area contributed by atoms with Gasteiger partial charge in [-0.15, -0.1) is 0 Å². The Bertz CT molecular complexity index is 793. The molecular formula is C39H73NO7. The molecule has 0 aliphatic carbocycles. The molecule has 47 heavy (non-hydrogen) atoms. The van der Waals surface area contributed by atoms with E-state index in [1.54, 1.807) is 28.1 Å². The van der Waals surface area contributed by atoms with E-state index in [2.05, 4.69) is 19.1 Å². The number of rotatable bonds is 34. The fourth-order valence-corrected chi connectivity index (χ4v) is 5.63. The molecule has 0 aliphatic rings. The molecule has 0 aromatic carbocycles. The Morgan fingerprint density at radius 2 is 1.11 bits per heavy atom. The molecule has 0 rings (SSSR count). The van der Waals surface area contributed by atoms with E-state index in [1.807, 2.05) is 0 Å². The first-order valence-corrected chi connectivity index (χ1v) is 19.2. The molecular weight excluding hydrogens is 594 g/mol. The second kappa shape index (κ2) is 31.3. The lowest BCUT2D eigenvalue weighted by molar-refractivity contribution is -0.889. The van der Waals surface area contributed by atoms with E-state index in [9.17, 15) is 19.5 Å². The first-order valence-electron chi connectivity index (χ1n) is 19.2. The summed E-state index contributed by atoms with van der Waals surface area (Å²) >= 11 is 0. The number of carboxylic acids is 1. The van der Waals surface area contributed by atoms with Crippen LogP contribution in [0.1, 0.15) is 168 Å². The van der Waals surface area contributed by atoms with Crippen LogP contribution in [0, 0.1) is 0 Å². The Hall–Kier alpha value is -1.93. The van der Waals surface area contributed by atoms with Crippen molar-refractivity contribution >= 4 is 17.9 Å². The summed E-state index contributed by atoms with van der Waals surface area (Å²) in [5.74, 6) is -1.83. The molecule has 2 atom stereocenters. The summed E-state index contributed by atoms with van der Waals surface area (Å²) in [6.07, 6.45) is 31.8. The first-order chi connectivity index (χ1) is 22.6. The van der Waals surface area contributed by atoms with Crippen molar-refractivity contribution in [2.24, 2.45) is 0 Å². The molecule has 0 saturated carbocycles. The zero-order valence-electron chi connectivity index (χ0n) is 31.2. The van der Waals surface area contributed by atoms with Crippen LogP contribution in [0.25, 0.3) is 0 Å². The number of unbranched alkanes of at least 4 members (excludes halogenated alkanes) is 19. The quantitative estimate of drug-likeness (QED) is 0.0295. The predicted octanol–water partition coefficient (Wildman–Crippen LogP) is 8.24. The van der Waals surface area contributed by atoms with E-state index in [0.717, 1.165) is 19.3 Å². The van der Waals surface area contributed by atoms with E-state index in [0.29, 0.717) is 6.42 Å². The SMILES string of the molecule is CCCCCCCCCC/C=C\CCCCCCCCCCCCCC(=O)OC(COCCC(C(=O)[O-])[N+](C)(C)C)COC(=O)CC. The van der Waals surface area contributed by atoms with Crippen LogP contribution in [0.3, 0.4) is 0 Å². The molecule has 0 N–H and O–H groups in total. The number of quaternary nitrogens is 1. The third-order valence-corrected chi connectivity index (χ3v) is 8.71. The number of esters is 2. The van der Waals surface area contributed by atoms with Crippen LogP contribution in [0.15, 0.2) is 12.2 Å². The van der Waals surface area contributed by atoms with Gasteiger partial charge in [-0.25, -0.2) is 0 Å². The number of carbonyl (C=O) groups excluding carboxylic acids is 3. The zero-order chi connectivity index (χ0) is 35.0. The summed E-state index contributed by atoms with van der Waals surface area (Å²) in [4.78, 5) is 35.5. The van der Waals surface area contributed by atoms with Crippen LogP contribution in [-0.2, 0) is 28.6 Å². The van der Waals surface area contributed by atoms with Gasteiger partial charge in [-0.2, -0.15) is 0 Å². The van der Waals surface area contributed by atoms with Gasteiger partial charge in [0.1, 0.15) is 12.6 Å². The summed E-state index contributed by atoms with van der Waals surface area (Å²) in [5, 5.41) is 11.4. The molecule has 0 bridgehead atoms. The number of ether oxygens (including phenoxy) is 3. The van der Waals surface area contributed by atoms with E-state index < -0.39 is 18.1 Å². The van der Waals surface area contributed by atoms with Gasteiger partial charge in [0.25, 0.3) is 0 Å². The van der Waals surface area contributed by atoms with Gasteiger partial charge in [0.2, 0.25) is 0 Å². The van der Waals surface area contributed by atoms with Crippen LogP contribution < -0.4 is 5.11 Å². The van der Waals surface area contributed by atoms with Crippen LogP contribution in [0.5, 0.6) is 0 Å². The summed E-state index contributed by atoms with van der Waals surface area (Å²) in [5.41, 5.74) is 0. The molecule has 276 valence electrons. The van der Waals surface area contributed by atoms with Gasteiger partial charge < -0.3 is 28.6 Å². The highest BCUT2D eigenvalue weighted by molar-refractivity contribution is 5.70.